The Morgan fingerprint density at radius 3 is 2.26 bits per heavy atom. The summed E-state index contributed by atoms with van der Waals surface area (Å²) in [5.41, 5.74) is 0.742. The molecule has 1 N–H and O–H groups in total. The van der Waals surface area contributed by atoms with Gasteiger partial charge in [-0.25, -0.2) is 13.1 Å². The Morgan fingerprint density at radius 1 is 1.00 bits per heavy atom. The predicted octanol–water partition coefficient (Wildman–Crippen LogP) is 4.19. The highest BCUT2D eigenvalue weighted by molar-refractivity contribution is 7.89. The van der Waals surface area contributed by atoms with Crippen LogP contribution in [0.3, 0.4) is 0 Å². The lowest BCUT2D eigenvalue weighted by atomic mass is 10.1. The third kappa shape index (κ3) is 5.28. The van der Waals surface area contributed by atoms with Gasteiger partial charge in [0, 0.05) is 11.1 Å². The summed E-state index contributed by atoms with van der Waals surface area (Å²) in [7, 11) is -2.44. The molecule has 0 amide bonds. The van der Waals surface area contributed by atoms with Crippen LogP contribution >= 0.6 is 11.6 Å². The van der Waals surface area contributed by atoms with Gasteiger partial charge in [0.25, 0.3) is 0 Å². The van der Waals surface area contributed by atoms with Crippen molar-refractivity contribution in [2.45, 2.75) is 31.7 Å². The molecule has 0 spiro atoms. The number of rotatable bonds is 9. The van der Waals surface area contributed by atoms with E-state index in [1.807, 2.05) is 13.8 Å². The molecule has 0 unspecified atom stereocenters. The Balaban J connectivity index is 2.32. The van der Waals surface area contributed by atoms with Crippen LogP contribution in [0.1, 0.15) is 32.4 Å². The first-order valence-corrected chi connectivity index (χ1v) is 10.4. The molecule has 148 valence electrons. The zero-order valence-electron chi connectivity index (χ0n) is 15.8. The molecule has 0 aliphatic rings. The maximum atomic E-state index is 12.8. The highest BCUT2D eigenvalue weighted by atomic mass is 35.5. The Bertz CT molecular complexity index is 886. The van der Waals surface area contributed by atoms with Crippen molar-refractivity contribution >= 4 is 21.6 Å². The molecule has 0 aliphatic carbocycles. The molecular weight excluding hydrogens is 390 g/mol. The van der Waals surface area contributed by atoms with E-state index < -0.39 is 16.1 Å². The molecule has 0 aliphatic heterocycles. The molecule has 0 heterocycles. The van der Waals surface area contributed by atoms with Gasteiger partial charge in [-0.3, -0.25) is 0 Å². The third-order valence-corrected chi connectivity index (χ3v) is 5.61. The number of sulfonamides is 1. The molecule has 0 aromatic heterocycles. The standard InChI is InChI=1S/C19H24ClNO5S/c1-5-25-16-9-7-14(11-18(16)26-6-2)13(3)21-27(22,23)19-12-15(20)8-10-17(19)24-4/h7-13,21H,5-6H2,1-4H3/t13-/m0/s1. The number of benzene rings is 2. The van der Waals surface area contributed by atoms with Gasteiger partial charge in [0.15, 0.2) is 11.5 Å². The second-order valence-corrected chi connectivity index (χ2v) is 7.83. The fourth-order valence-corrected chi connectivity index (χ4v) is 4.23. The number of halogens is 1. The number of nitrogens with one attached hydrogen (secondary N) is 1. The monoisotopic (exact) mass is 413 g/mol. The molecule has 2 aromatic carbocycles. The highest BCUT2D eigenvalue weighted by Gasteiger charge is 2.23. The van der Waals surface area contributed by atoms with Crippen LogP contribution in [0, 0.1) is 0 Å². The maximum absolute atomic E-state index is 12.8. The summed E-state index contributed by atoms with van der Waals surface area (Å²) >= 11 is 5.96. The topological polar surface area (TPSA) is 73.9 Å². The third-order valence-electron chi connectivity index (χ3n) is 3.81. The van der Waals surface area contributed by atoms with Gasteiger partial charge in [0.1, 0.15) is 10.6 Å². The zero-order chi connectivity index (χ0) is 20.0. The molecule has 8 heteroatoms. The SMILES string of the molecule is CCOc1ccc([C@H](C)NS(=O)(=O)c2cc(Cl)ccc2OC)cc1OCC. The van der Waals surface area contributed by atoms with Crippen molar-refractivity contribution in [1.29, 1.82) is 0 Å². The molecule has 27 heavy (non-hydrogen) atoms. The van der Waals surface area contributed by atoms with E-state index in [0.717, 1.165) is 5.56 Å². The number of hydrogen-bond donors (Lipinski definition) is 1. The predicted molar refractivity (Wildman–Crippen MR) is 106 cm³/mol. The highest BCUT2D eigenvalue weighted by Crippen LogP contribution is 2.32. The maximum Gasteiger partial charge on any atom is 0.244 e. The second kappa shape index (κ2) is 9.30. The summed E-state index contributed by atoms with van der Waals surface area (Å²) < 4.78 is 44.6. The first-order chi connectivity index (χ1) is 12.8. The van der Waals surface area contributed by atoms with Gasteiger partial charge in [-0.15, -0.1) is 0 Å². The van der Waals surface area contributed by atoms with E-state index in [9.17, 15) is 8.42 Å². The minimum Gasteiger partial charge on any atom is -0.495 e. The smallest absolute Gasteiger partial charge is 0.244 e. The van der Waals surface area contributed by atoms with E-state index in [-0.39, 0.29) is 10.6 Å². The first kappa shape index (κ1) is 21.3. The fraction of sp³-hybridized carbons (Fsp3) is 0.368. The molecule has 0 fully saturated rings. The fourth-order valence-electron chi connectivity index (χ4n) is 2.56. The van der Waals surface area contributed by atoms with E-state index in [1.165, 1.54) is 19.2 Å². The van der Waals surface area contributed by atoms with Crippen molar-refractivity contribution in [2.24, 2.45) is 0 Å². The van der Waals surface area contributed by atoms with Gasteiger partial charge in [-0.2, -0.15) is 0 Å². The quantitative estimate of drug-likeness (QED) is 0.667. The number of methoxy groups -OCH3 is 1. The molecule has 0 saturated heterocycles. The molecule has 1 atom stereocenters. The van der Waals surface area contributed by atoms with Gasteiger partial charge in [0.05, 0.1) is 20.3 Å². The molecule has 0 radical (unpaired) electrons. The summed E-state index contributed by atoms with van der Waals surface area (Å²) in [4.78, 5) is -0.0136. The molecule has 0 bridgehead atoms. The van der Waals surface area contributed by atoms with Crippen molar-refractivity contribution in [3.05, 3.63) is 47.0 Å². The van der Waals surface area contributed by atoms with Crippen molar-refractivity contribution in [2.75, 3.05) is 20.3 Å². The largest absolute Gasteiger partial charge is 0.495 e. The second-order valence-electron chi connectivity index (χ2n) is 5.71. The van der Waals surface area contributed by atoms with Gasteiger partial charge < -0.3 is 14.2 Å². The van der Waals surface area contributed by atoms with Crippen LogP contribution in [-0.2, 0) is 10.0 Å². The van der Waals surface area contributed by atoms with E-state index in [0.29, 0.717) is 29.7 Å². The average Bonchev–Trinajstić information content (AvgIpc) is 2.63. The van der Waals surface area contributed by atoms with Gasteiger partial charge in [0.2, 0.25) is 10.0 Å². The Labute approximate surface area is 165 Å². The zero-order valence-corrected chi connectivity index (χ0v) is 17.4. The van der Waals surface area contributed by atoms with Crippen LogP contribution in [0.5, 0.6) is 17.2 Å². The average molecular weight is 414 g/mol. The van der Waals surface area contributed by atoms with Crippen LogP contribution in [-0.4, -0.2) is 28.7 Å². The van der Waals surface area contributed by atoms with E-state index in [4.69, 9.17) is 25.8 Å². The Hall–Kier alpha value is -1.96. The summed E-state index contributed by atoms with van der Waals surface area (Å²) in [6.45, 7) is 6.50. The van der Waals surface area contributed by atoms with Crippen molar-refractivity contribution in [3.8, 4) is 17.2 Å². The lowest BCUT2D eigenvalue weighted by molar-refractivity contribution is 0.287. The summed E-state index contributed by atoms with van der Waals surface area (Å²) in [6.07, 6.45) is 0. The lowest BCUT2D eigenvalue weighted by Crippen LogP contribution is -2.27. The van der Waals surface area contributed by atoms with Gasteiger partial charge >= 0.3 is 0 Å². The Kier molecular flexibility index (Phi) is 7.35. The van der Waals surface area contributed by atoms with Crippen molar-refractivity contribution in [1.82, 2.24) is 4.72 Å². The minimum atomic E-state index is -3.85. The van der Waals surface area contributed by atoms with Crippen LogP contribution < -0.4 is 18.9 Å². The lowest BCUT2D eigenvalue weighted by Gasteiger charge is -2.18. The van der Waals surface area contributed by atoms with Crippen LogP contribution in [0.25, 0.3) is 0 Å². The van der Waals surface area contributed by atoms with E-state index >= 15 is 0 Å². The first-order valence-electron chi connectivity index (χ1n) is 8.57. The van der Waals surface area contributed by atoms with Gasteiger partial charge in [-0.1, -0.05) is 17.7 Å². The summed E-state index contributed by atoms with van der Waals surface area (Å²) in [6, 6.07) is 9.30. The summed E-state index contributed by atoms with van der Waals surface area (Å²) in [5, 5.41) is 0.309. The van der Waals surface area contributed by atoms with E-state index in [1.54, 1.807) is 31.2 Å². The molecular formula is C19H24ClNO5S. The minimum absolute atomic E-state index is 0.0136. The van der Waals surface area contributed by atoms with Crippen LogP contribution in [0.4, 0.5) is 0 Å². The van der Waals surface area contributed by atoms with Crippen molar-refractivity contribution < 1.29 is 22.6 Å². The van der Waals surface area contributed by atoms with Crippen molar-refractivity contribution in [3.63, 3.8) is 0 Å². The number of ether oxygens (including phenoxy) is 3. The van der Waals surface area contributed by atoms with Crippen LogP contribution in [0.2, 0.25) is 5.02 Å². The van der Waals surface area contributed by atoms with Gasteiger partial charge in [-0.05, 0) is 56.7 Å². The molecule has 2 aromatic rings. The van der Waals surface area contributed by atoms with Crippen LogP contribution in [0.15, 0.2) is 41.3 Å². The number of hydrogen-bond acceptors (Lipinski definition) is 5. The molecule has 6 nitrogen and oxygen atoms in total. The normalized spacial score (nSPS) is 12.5. The Morgan fingerprint density at radius 2 is 1.63 bits per heavy atom. The molecule has 0 saturated carbocycles. The summed E-state index contributed by atoms with van der Waals surface area (Å²) in [5.74, 6) is 1.42. The van der Waals surface area contributed by atoms with E-state index in [2.05, 4.69) is 4.72 Å². The molecule has 2 rings (SSSR count).